The van der Waals surface area contributed by atoms with Crippen LogP contribution in [0.5, 0.6) is 0 Å². The SMILES string of the molecule is CCN(C(=O)NCCOCCN(C)C)C(C)CC(=O)O. The van der Waals surface area contributed by atoms with Crippen LogP contribution in [0.25, 0.3) is 0 Å². The topological polar surface area (TPSA) is 82.1 Å². The fourth-order valence-electron chi connectivity index (χ4n) is 1.70. The van der Waals surface area contributed by atoms with E-state index < -0.39 is 5.97 Å². The smallest absolute Gasteiger partial charge is 0.317 e. The summed E-state index contributed by atoms with van der Waals surface area (Å²) >= 11 is 0. The number of ether oxygens (including phenoxy) is 1. The molecule has 7 nitrogen and oxygen atoms in total. The lowest BCUT2D eigenvalue weighted by Crippen LogP contribution is -2.46. The Morgan fingerprint density at radius 3 is 2.45 bits per heavy atom. The molecule has 0 aliphatic rings. The predicted octanol–water partition coefficient (Wildman–Crippen LogP) is 0.459. The lowest BCUT2D eigenvalue weighted by molar-refractivity contribution is -0.138. The van der Waals surface area contributed by atoms with E-state index in [0.29, 0.717) is 26.3 Å². The van der Waals surface area contributed by atoms with Crippen molar-refractivity contribution in [2.75, 3.05) is 46.9 Å². The van der Waals surface area contributed by atoms with E-state index in [-0.39, 0.29) is 18.5 Å². The third kappa shape index (κ3) is 8.71. The minimum atomic E-state index is -0.907. The number of nitrogens with zero attached hydrogens (tertiary/aromatic N) is 2. The number of hydrogen-bond acceptors (Lipinski definition) is 4. The first-order valence-electron chi connectivity index (χ1n) is 6.87. The van der Waals surface area contributed by atoms with Gasteiger partial charge in [0.15, 0.2) is 0 Å². The van der Waals surface area contributed by atoms with Gasteiger partial charge in [-0.15, -0.1) is 0 Å². The number of aliphatic carboxylic acids is 1. The van der Waals surface area contributed by atoms with Gasteiger partial charge in [-0.25, -0.2) is 4.79 Å². The number of rotatable bonds is 10. The van der Waals surface area contributed by atoms with Crippen molar-refractivity contribution in [2.24, 2.45) is 0 Å². The van der Waals surface area contributed by atoms with Crippen molar-refractivity contribution in [2.45, 2.75) is 26.3 Å². The van der Waals surface area contributed by atoms with E-state index in [1.807, 2.05) is 25.9 Å². The van der Waals surface area contributed by atoms with E-state index in [9.17, 15) is 9.59 Å². The second-order valence-electron chi connectivity index (χ2n) is 4.88. The Hall–Kier alpha value is -1.34. The first-order chi connectivity index (χ1) is 9.38. The van der Waals surface area contributed by atoms with Gasteiger partial charge in [-0.2, -0.15) is 0 Å². The van der Waals surface area contributed by atoms with Crippen molar-refractivity contribution >= 4 is 12.0 Å². The molecule has 118 valence electrons. The third-order valence-corrected chi connectivity index (χ3v) is 2.81. The maximum Gasteiger partial charge on any atom is 0.317 e. The maximum absolute atomic E-state index is 11.9. The molecule has 0 aliphatic carbocycles. The molecular formula is C13H27N3O4. The number of carboxylic acids is 1. The van der Waals surface area contributed by atoms with Crippen LogP contribution >= 0.6 is 0 Å². The summed E-state index contributed by atoms with van der Waals surface area (Å²) in [5.41, 5.74) is 0. The number of hydrogen-bond donors (Lipinski definition) is 2. The van der Waals surface area contributed by atoms with Gasteiger partial charge in [-0.05, 0) is 27.9 Å². The summed E-state index contributed by atoms with van der Waals surface area (Å²) in [4.78, 5) is 26.1. The van der Waals surface area contributed by atoms with Crippen LogP contribution in [0.4, 0.5) is 4.79 Å². The molecule has 0 aliphatic heterocycles. The van der Waals surface area contributed by atoms with Gasteiger partial charge in [0.1, 0.15) is 0 Å². The number of likely N-dealkylation sites (N-methyl/N-ethyl adjacent to an activating group) is 1. The van der Waals surface area contributed by atoms with Gasteiger partial charge in [0.2, 0.25) is 0 Å². The lowest BCUT2D eigenvalue weighted by atomic mass is 10.2. The highest BCUT2D eigenvalue weighted by molar-refractivity contribution is 5.75. The first kappa shape index (κ1) is 18.7. The maximum atomic E-state index is 11.9. The molecule has 0 aromatic rings. The number of carbonyl (C=O) groups excluding carboxylic acids is 1. The minimum Gasteiger partial charge on any atom is -0.481 e. The van der Waals surface area contributed by atoms with Crippen LogP contribution in [0.1, 0.15) is 20.3 Å². The van der Waals surface area contributed by atoms with Crippen molar-refractivity contribution in [3.63, 3.8) is 0 Å². The molecule has 0 fully saturated rings. The Labute approximate surface area is 120 Å². The molecule has 0 saturated carbocycles. The number of carbonyl (C=O) groups is 2. The lowest BCUT2D eigenvalue weighted by Gasteiger charge is -2.27. The molecule has 2 N–H and O–H groups in total. The summed E-state index contributed by atoms with van der Waals surface area (Å²) in [6.07, 6.45) is -0.0550. The first-order valence-corrected chi connectivity index (χ1v) is 6.87. The number of urea groups is 1. The molecule has 0 saturated heterocycles. The van der Waals surface area contributed by atoms with E-state index in [2.05, 4.69) is 5.32 Å². The molecular weight excluding hydrogens is 262 g/mol. The van der Waals surface area contributed by atoms with E-state index in [1.54, 1.807) is 6.92 Å². The molecule has 0 bridgehead atoms. The van der Waals surface area contributed by atoms with Gasteiger partial charge in [-0.3, -0.25) is 4.79 Å². The molecule has 1 unspecified atom stereocenters. The highest BCUT2D eigenvalue weighted by atomic mass is 16.5. The standard InChI is InChI=1S/C13H27N3O4/c1-5-16(11(2)10-12(17)18)13(19)14-6-8-20-9-7-15(3)4/h11H,5-10H2,1-4H3,(H,14,19)(H,17,18). The Morgan fingerprint density at radius 1 is 1.30 bits per heavy atom. The Bertz CT molecular complexity index is 297. The molecule has 7 heteroatoms. The quantitative estimate of drug-likeness (QED) is 0.571. The Morgan fingerprint density at radius 2 is 1.95 bits per heavy atom. The molecule has 2 amide bonds. The largest absolute Gasteiger partial charge is 0.481 e. The Kier molecular flexibility index (Phi) is 9.75. The molecule has 0 aromatic heterocycles. The van der Waals surface area contributed by atoms with Crippen LogP contribution < -0.4 is 5.32 Å². The Balaban J connectivity index is 3.89. The highest BCUT2D eigenvalue weighted by Crippen LogP contribution is 2.03. The van der Waals surface area contributed by atoms with Crippen LogP contribution in [0.2, 0.25) is 0 Å². The van der Waals surface area contributed by atoms with Gasteiger partial charge in [0.25, 0.3) is 0 Å². The zero-order valence-corrected chi connectivity index (χ0v) is 12.9. The van der Waals surface area contributed by atoms with E-state index >= 15 is 0 Å². The summed E-state index contributed by atoms with van der Waals surface area (Å²) < 4.78 is 5.36. The van der Waals surface area contributed by atoms with E-state index in [4.69, 9.17) is 9.84 Å². The molecule has 1 atom stereocenters. The van der Waals surface area contributed by atoms with Gasteiger partial charge in [0, 0.05) is 25.7 Å². The third-order valence-electron chi connectivity index (χ3n) is 2.81. The van der Waals surface area contributed by atoms with Crippen molar-refractivity contribution in [1.82, 2.24) is 15.1 Å². The fourth-order valence-corrected chi connectivity index (χ4v) is 1.70. The second kappa shape index (κ2) is 10.4. The van der Waals surface area contributed by atoms with Gasteiger partial charge in [0.05, 0.1) is 19.6 Å². The molecule has 0 radical (unpaired) electrons. The average Bonchev–Trinajstić information content (AvgIpc) is 2.33. The normalized spacial score (nSPS) is 12.2. The van der Waals surface area contributed by atoms with Crippen LogP contribution in [0.15, 0.2) is 0 Å². The molecule has 0 aromatic carbocycles. The van der Waals surface area contributed by atoms with Crippen LogP contribution in [-0.2, 0) is 9.53 Å². The molecule has 0 rings (SSSR count). The summed E-state index contributed by atoms with van der Waals surface area (Å²) in [6, 6.07) is -0.579. The van der Waals surface area contributed by atoms with Gasteiger partial charge >= 0.3 is 12.0 Å². The summed E-state index contributed by atoms with van der Waals surface area (Å²) in [5.74, 6) is -0.907. The van der Waals surface area contributed by atoms with Crippen molar-refractivity contribution < 1.29 is 19.4 Å². The van der Waals surface area contributed by atoms with Crippen LogP contribution in [-0.4, -0.2) is 79.9 Å². The monoisotopic (exact) mass is 289 g/mol. The average molecular weight is 289 g/mol. The summed E-state index contributed by atoms with van der Waals surface area (Å²) in [5, 5.41) is 11.5. The predicted molar refractivity (Wildman–Crippen MR) is 76.9 cm³/mol. The van der Waals surface area contributed by atoms with Crippen molar-refractivity contribution in [3.8, 4) is 0 Å². The fraction of sp³-hybridized carbons (Fsp3) is 0.846. The van der Waals surface area contributed by atoms with Crippen LogP contribution in [0, 0.1) is 0 Å². The van der Waals surface area contributed by atoms with Crippen LogP contribution in [0.3, 0.4) is 0 Å². The molecule has 20 heavy (non-hydrogen) atoms. The number of amides is 2. The number of carboxylic acid groups (broad SMARTS) is 1. The summed E-state index contributed by atoms with van der Waals surface area (Å²) in [7, 11) is 3.93. The van der Waals surface area contributed by atoms with Gasteiger partial charge in [-0.1, -0.05) is 0 Å². The minimum absolute atomic E-state index is 0.0550. The van der Waals surface area contributed by atoms with Crippen molar-refractivity contribution in [1.29, 1.82) is 0 Å². The number of nitrogens with one attached hydrogen (secondary N) is 1. The zero-order valence-electron chi connectivity index (χ0n) is 12.9. The van der Waals surface area contributed by atoms with Gasteiger partial charge < -0.3 is 25.0 Å². The zero-order chi connectivity index (χ0) is 15.5. The second-order valence-corrected chi connectivity index (χ2v) is 4.88. The highest BCUT2D eigenvalue weighted by Gasteiger charge is 2.20. The molecule has 0 heterocycles. The summed E-state index contributed by atoms with van der Waals surface area (Å²) in [6.45, 7) is 6.35. The van der Waals surface area contributed by atoms with Crippen molar-refractivity contribution in [3.05, 3.63) is 0 Å². The molecule has 0 spiro atoms. The van der Waals surface area contributed by atoms with E-state index in [1.165, 1.54) is 4.90 Å². The van der Waals surface area contributed by atoms with E-state index in [0.717, 1.165) is 6.54 Å².